The van der Waals surface area contributed by atoms with Crippen molar-refractivity contribution in [3.63, 3.8) is 0 Å². The van der Waals surface area contributed by atoms with Gasteiger partial charge in [-0.1, -0.05) is 26.0 Å². The maximum Gasteiger partial charge on any atom is 0.127 e. The molecule has 2 aromatic rings. The van der Waals surface area contributed by atoms with Gasteiger partial charge >= 0.3 is 0 Å². The Morgan fingerprint density at radius 2 is 1.47 bits per heavy atom. The summed E-state index contributed by atoms with van der Waals surface area (Å²) in [5.74, 6) is 2.21. The van der Waals surface area contributed by atoms with Gasteiger partial charge < -0.3 is 4.74 Å². The van der Waals surface area contributed by atoms with Gasteiger partial charge in [-0.15, -0.1) is 23.4 Å². The first-order chi connectivity index (χ1) is 9.17. The van der Waals surface area contributed by atoms with Gasteiger partial charge in [0.15, 0.2) is 0 Å². The molecule has 0 N–H and O–H groups in total. The number of ether oxygens (including phenoxy) is 1. The third kappa shape index (κ3) is 4.48. The normalized spacial score (nSPS) is 10.7. The SMILES string of the molecule is CC(C)Sc1ccc(Oc2ccc(CCl)cc2)cc1. The van der Waals surface area contributed by atoms with Gasteiger partial charge in [0.05, 0.1) is 0 Å². The Bertz CT molecular complexity index is 505. The molecule has 0 aliphatic carbocycles. The average Bonchev–Trinajstić information content (AvgIpc) is 2.41. The molecule has 0 atom stereocenters. The fourth-order valence-corrected chi connectivity index (χ4v) is 2.66. The Hall–Kier alpha value is -1.12. The summed E-state index contributed by atoms with van der Waals surface area (Å²) in [6.07, 6.45) is 0. The molecular weight excluding hydrogens is 276 g/mol. The monoisotopic (exact) mass is 292 g/mol. The predicted octanol–water partition coefficient (Wildman–Crippen LogP) is 5.72. The number of hydrogen-bond donors (Lipinski definition) is 0. The molecule has 0 aliphatic heterocycles. The Kier molecular flexibility index (Phi) is 5.17. The zero-order valence-electron chi connectivity index (χ0n) is 11.1. The van der Waals surface area contributed by atoms with Gasteiger partial charge in [0.2, 0.25) is 0 Å². The van der Waals surface area contributed by atoms with Gasteiger partial charge in [-0.2, -0.15) is 0 Å². The molecule has 0 aliphatic rings. The van der Waals surface area contributed by atoms with Crippen molar-refractivity contribution in [1.29, 1.82) is 0 Å². The summed E-state index contributed by atoms with van der Waals surface area (Å²) in [4.78, 5) is 1.26. The molecule has 0 unspecified atom stereocenters. The van der Waals surface area contributed by atoms with Crippen molar-refractivity contribution in [2.24, 2.45) is 0 Å². The highest BCUT2D eigenvalue weighted by Gasteiger charge is 2.01. The summed E-state index contributed by atoms with van der Waals surface area (Å²) >= 11 is 7.60. The van der Waals surface area contributed by atoms with E-state index in [2.05, 4.69) is 26.0 Å². The van der Waals surface area contributed by atoms with Crippen molar-refractivity contribution in [2.45, 2.75) is 29.9 Å². The molecule has 0 heterocycles. The Morgan fingerprint density at radius 3 is 1.95 bits per heavy atom. The van der Waals surface area contributed by atoms with Gasteiger partial charge in [-0.05, 0) is 42.0 Å². The number of hydrogen-bond acceptors (Lipinski definition) is 2. The van der Waals surface area contributed by atoms with Crippen LogP contribution in [0.4, 0.5) is 0 Å². The fourth-order valence-electron chi connectivity index (χ4n) is 1.64. The van der Waals surface area contributed by atoms with Gasteiger partial charge in [0.25, 0.3) is 0 Å². The van der Waals surface area contributed by atoms with Crippen LogP contribution in [0.25, 0.3) is 0 Å². The zero-order chi connectivity index (χ0) is 13.7. The van der Waals surface area contributed by atoms with Crippen molar-refractivity contribution in [3.05, 3.63) is 54.1 Å². The van der Waals surface area contributed by atoms with Crippen LogP contribution in [-0.2, 0) is 5.88 Å². The second-order valence-electron chi connectivity index (χ2n) is 4.52. The van der Waals surface area contributed by atoms with E-state index in [4.69, 9.17) is 16.3 Å². The second kappa shape index (κ2) is 6.88. The molecular formula is C16H17ClOS. The van der Waals surface area contributed by atoms with E-state index < -0.39 is 0 Å². The standard InChI is InChI=1S/C16H17ClOS/c1-12(2)19-16-9-7-15(8-10-16)18-14-5-3-13(11-17)4-6-14/h3-10,12H,11H2,1-2H3. The van der Waals surface area contributed by atoms with Gasteiger partial charge in [-0.25, -0.2) is 0 Å². The number of halogens is 1. The van der Waals surface area contributed by atoms with E-state index in [9.17, 15) is 0 Å². The number of alkyl halides is 1. The molecule has 19 heavy (non-hydrogen) atoms. The van der Waals surface area contributed by atoms with E-state index >= 15 is 0 Å². The third-order valence-corrected chi connectivity index (χ3v) is 3.83. The van der Waals surface area contributed by atoms with Gasteiger partial charge in [0, 0.05) is 16.0 Å². The van der Waals surface area contributed by atoms with Crippen LogP contribution < -0.4 is 4.74 Å². The Morgan fingerprint density at radius 1 is 0.947 bits per heavy atom. The smallest absolute Gasteiger partial charge is 0.127 e. The van der Waals surface area contributed by atoms with Crippen LogP contribution in [0.15, 0.2) is 53.4 Å². The lowest BCUT2D eigenvalue weighted by atomic mass is 10.2. The summed E-state index contributed by atoms with van der Waals surface area (Å²) in [7, 11) is 0. The molecule has 0 radical (unpaired) electrons. The summed E-state index contributed by atoms with van der Waals surface area (Å²) in [6.45, 7) is 4.38. The molecule has 0 aromatic heterocycles. The minimum atomic E-state index is 0.529. The van der Waals surface area contributed by atoms with E-state index in [1.54, 1.807) is 0 Å². The first-order valence-corrected chi connectivity index (χ1v) is 7.68. The quantitative estimate of drug-likeness (QED) is 0.515. The number of benzene rings is 2. The lowest BCUT2D eigenvalue weighted by molar-refractivity contribution is 0.482. The molecule has 100 valence electrons. The molecule has 3 heteroatoms. The van der Waals surface area contributed by atoms with E-state index in [1.165, 1.54) is 4.90 Å². The Balaban J connectivity index is 2.02. The second-order valence-corrected chi connectivity index (χ2v) is 6.43. The molecule has 1 nitrogen and oxygen atoms in total. The van der Waals surface area contributed by atoms with Crippen LogP contribution in [0.3, 0.4) is 0 Å². The Labute approximate surface area is 123 Å². The summed E-state index contributed by atoms with van der Waals surface area (Å²) in [5, 5.41) is 0.592. The summed E-state index contributed by atoms with van der Waals surface area (Å²) in [5.41, 5.74) is 1.10. The average molecular weight is 293 g/mol. The lowest BCUT2D eigenvalue weighted by Gasteiger charge is -2.08. The molecule has 2 rings (SSSR count). The van der Waals surface area contributed by atoms with Crippen LogP contribution in [0.2, 0.25) is 0 Å². The maximum absolute atomic E-state index is 5.79. The lowest BCUT2D eigenvalue weighted by Crippen LogP contribution is -1.87. The summed E-state index contributed by atoms with van der Waals surface area (Å²) in [6, 6.07) is 16.0. The molecule has 2 aromatic carbocycles. The van der Waals surface area contributed by atoms with E-state index in [0.717, 1.165) is 17.1 Å². The predicted molar refractivity (Wildman–Crippen MR) is 83.5 cm³/mol. The number of rotatable bonds is 5. The maximum atomic E-state index is 5.79. The van der Waals surface area contributed by atoms with Crippen molar-refractivity contribution < 1.29 is 4.74 Å². The van der Waals surface area contributed by atoms with Crippen molar-refractivity contribution in [2.75, 3.05) is 0 Å². The van der Waals surface area contributed by atoms with Crippen molar-refractivity contribution in [1.82, 2.24) is 0 Å². The largest absolute Gasteiger partial charge is 0.457 e. The van der Waals surface area contributed by atoms with Gasteiger partial charge in [0.1, 0.15) is 11.5 Å². The van der Waals surface area contributed by atoms with Crippen LogP contribution >= 0.6 is 23.4 Å². The molecule has 0 amide bonds. The van der Waals surface area contributed by atoms with E-state index in [-0.39, 0.29) is 0 Å². The minimum Gasteiger partial charge on any atom is -0.457 e. The first kappa shape index (κ1) is 14.3. The topological polar surface area (TPSA) is 9.23 Å². The zero-order valence-corrected chi connectivity index (χ0v) is 12.7. The van der Waals surface area contributed by atoms with E-state index in [0.29, 0.717) is 11.1 Å². The molecule has 0 bridgehead atoms. The van der Waals surface area contributed by atoms with E-state index in [1.807, 2.05) is 48.2 Å². The van der Waals surface area contributed by atoms with Crippen LogP contribution in [0.5, 0.6) is 11.5 Å². The van der Waals surface area contributed by atoms with Crippen molar-refractivity contribution >= 4 is 23.4 Å². The molecule has 0 saturated carbocycles. The highest BCUT2D eigenvalue weighted by molar-refractivity contribution is 7.99. The molecule has 0 spiro atoms. The first-order valence-electron chi connectivity index (χ1n) is 6.27. The van der Waals surface area contributed by atoms with Crippen LogP contribution in [0.1, 0.15) is 19.4 Å². The molecule has 0 saturated heterocycles. The third-order valence-electron chi connectivity index (χ3n) is 2.51. The molecule has 0 fully saturated rings. The van der Waals surface area contributed by atoms with Crippen LogP contribution in [-0.4, -0.2) is 5.25 Å². The fraction of sp³-hybridized carbons (Fsp3) is 0.250. The highest BCUT2D eigenvalue weighted by atomic mass is 35.5. The minimum absolute atomic E-state index is 0.529. The number of thioether (sulfide) groups is 1. The van der Waals surface area contributed by atoms with Gasteiger partial charge in [-0.3, -0.25) is 0 Å². The van der Waals surface area contributed by atoms with Crippen molar-refractivity contribution in [3.8, 4) is 11.5 Å². The highest BCUT2D eigenvalue weighted by Crippen LogP contribution is 2.27. The van der Waals surface area contributed by atoms with Crippen LogP contribution in [0, 0.1) is 0 Å². The summed E-state index contributed by atoms with van der Waals surface area (Å²) < 4.78 is 5.79.